The lowest BCUT2D eigenvalue weighted by atomic mass is 9.83. The Morgan fingerprint density at radius 3 is 1.48 bits per heavy atom. The van der Waals surface area contributed by atoms with Gasteiger partial charge in [-0.25, -0.2) is 0 Å². The van der Waals surface area contributed by atoms with E-state index in [0.717, 1.165) is 0 Å². The van der Waals surface area contributed by atoms with E-state index in [-0.39, 0.29) is 10.8 Å². The van der Waals surface area contributed by atoms with Gasteiger partial charge in [0.15, 0.2) is 0 Å². The lowest BCUT2D eigenvalue weighted by molar-refractivity contribution is 0.549. The van der Waals surface area contributed by atoms with Gasteiger partial charge in [-0.05, 0) is 28.3 Å². The summed E-state index contributed by atoms with van der Waals surface area (Å²) in [6.07, 6.45) is 0. The van der Waals surface area contributed by atoms with Crippen LogP contribution in [0.25, 0.3) is 0 Å². The average Bonchev–Trinajstić information content (AvgIpc) is 2.21. The normalized spacial score (nSPS) is 14.5. The summed E-state index contributed by atoms with van der Waals surface area (Å²) in [6, 6.07) is 4.77. The number of rotatable bonds is 3. The van der Waals surface area contributed by atoms with Crippen molar-refractivity contribution < 1.29 is 0 Å². The van der Waals surface area contributed by atoms with Crippen molar-refractivity contribution in [2.75, 3.05) is 0 Å². The Hall–Kier alpha value is -0.416. The fraction of sp³-hybridized carbons (Fsp3) is 0.750. The van der Waals surface area contributed by atoms with Gasteiger partial charge in [-0.3, -0.25) is 4.98 Å². The van der Waals surface area contributed by atoms with Gasteiger partial charge in [-0.15, -0.1) is 0 Å². The molecule has 23 heavy (non-hydrogen) atoms. The summed E-state index contributed by atoms with van der Waals surface area (Å²) in [7, 11) is -2.66. The molecule has 0 aromatic carbocycles. The van der Waals surface area contributed by atoms with E-state index in [1.807, 2.05) is 0 Å². The molecule has 0 aliphatic rings. The molecule has 0 N–H and O–H groups in total. The first-order valence-electron chi connectivity index (χ1n) is 8.97. The lowest BCUT2D eigenvalue weighted by Crippen LogP contribution is -2.47. The molecule has 0 radical (unpaired) electrons. The highest BCUT2D eigenvalue weighted by Crippen LogP contribution is 2.38. The van der Waals surface area contributed by atoms with Crippen molar-refractivity contribution in [1.29, 1.82) is 0 Å². The van der Waals surface area contributed by atoms with Crippen molar-refractivity contribution in [2.45, 2.75) is 96.8 Å². The van der Waals surface area contributed by atoms with Crippen molar-refractivity contribution in [3.8, 4) is 0 Å². The molecular formula is C20H39NSi2. The van der Waals surface area contributed by atoms with E-state index in [9.17, 15) is 0 Å². The van der Waals surface area contributed by atoms with Crippen LogP contribution in [0.15, 0.2) is 12.1 Å². The fourth-order valence-electron chi connectivity index (χ4n) is 3.70. The van der Waals surface area contributed by atoms with Crippen LogP contribution in [-0.4, -0.2) is 21.1 Å². The molecule has 0 unspecified atom stereocenters. The van der Waals surface area contributed by atoms with E-state index in [4.69, 9.17) is 4.98 Å². The molecule has 1 aromatic heterocycles. The van der Waals surface area contributed by atoms with Gasteiger partial charge in [0.25, 0.3) is 0 Å². The third kappa shape index (κ3) is 5.28. The number of pyridine rings is 1. The molecule has 132 valence electrons. The first-order valence-corrected chi connectivity index (χ1v) is 16.1. The summed E-state index contributed by atoms with van der Waals surface area (Å²) in [5, 5.41) is 0.693. The van der Waals surface area contributed by atoms with E-state index in [1.54, 1.807) is 0 Å². The number of aromatic nitrogens is 1. The molecule has 0 saturated heterocycles. The lowest BCUT2D eigenvalue weighted by Gasteiger charge is -2.39. The molecule has 0 aliphatic carbocycles. The molecule has 0 bridgehead atoms. The van der Waals surface area contributed by atoms with Crippen molar-refractivity contribution >= 4 is 16.1 Å². The first-order chi connectivity index (χ1) is 9.94. The van der Waals surface area contributed by atoms with Gasteiger partial charge < -0.3 is 0 Å². The summed E-state index contributed by atoms with van der Waals surface area (Å²) in [4.78, 5) is 5.22. The molecule has 0 fully saturated rings. The predicted octanol–water partition coefficient (Wildman–Crippen LogP) is 6.52. The van der Waals surface area contributed by atoms with Crippen molar-refractivity contribution in [1.82, 2.24) is 4.98 Å². The minimum Gasteiger partial charge on any atom is -0.258 e. The monoisotopic (exact) mass is 349 g/mol. The highest BCUT2D eigenvalue weighted by Gasteiger charge is 2.40. The topological polar surface area (TPSA) is 12.9 Å². The van der Waals surface area contributed by atoms with Gasteiger partial charge in [-0.1, -0.05) is 80.8 Å². The Labute approximate surface area is 147 Å². The molecular weight excluding hydrogens is 310 g/mol. The van der Waals surface area contributed by atoms with Gasteiger partial charge in [0, 0.05) is 16.8 Å². The van der Waals surface area contributed by atoms with Crippen molar-refractivity contribution in [3.05, 3.63) is 29.1 Å². The zero-order valence-electron chi connectivity index (χ0n) is 17.7. The van der Waals surface area contributed by atoms with Crippen LogP contribution in [0, 0.1) is 0 Å². The molecule has 1 nitrogen and oxygen atoms in total. The largest absolute Gasteiger partial charge is 0.258 e. The predicted molar refractivity (Wildman–Crippen MR) is 111 cm³/mol. The number of hydrogen-bond acceptors (Lipinski definition) is 1. The van der Waals surface area contributed by atoms with E-state index in [2.05, 4.69) is 93.0 Å². The van der Waals surface area contributed by atoms with Crippen LogP contribution in [-0.2, 0) is 10.8 Å². The van der Waals surface area contributed by atoms with Gasteiger partial charge in [0.2, 0.25) is 0 Å². The van der Waals surface area contributed by atoms with Crippen molar-refractivity contribution in [3.63, 3.8) is 0 Å². The number of nitrogens with zero attached hydrogens (tertiary/aromatic N) is 1. The van der Waals surface area contributed by atoms with Crippen LogP contribution in [0.3, 0.4) is 0 Å². The Balaban J connectivity index is 3.69. The highest BCUT2D eigenvalue weighted by molar-refractivity contribution is 6.96. The van der Waals surface area contributed by atoms with E-state index in [0.29, 0.717) is 5.16 Å². The molecule has 0 saturated carbocycles. The molecule has 3 heteroatoms. The molecule has 0 amide bonds. The zero-order valence-corrected chi connectivity index (χ0v) is 19.7. The third-order valence-electron chi connectivity index (χ3n) is 4.51. The van der Waals surface area contributed by atoms with E-state index in [1.165, 1.54) is 17.0 Å². The van der Waals surface area contributed by atoms with Crippen molar-refractivity contribution in [2.24, 2.45) is 0 Å². The van der Waals surface area contributed by atoms with Crippen LogP contribution < -0.4 is 0 Å². The summed E-state index contributed by atoms with van der Waals surface area (Å²) in [6.45, 7) is 28.9. The van der Waals surface area contributed by atoms with Crippen LogP contribution >= 0.6 is 0 Å². The van der Waals surface area contributed by atoms with Gasteiger partial charge >= 0.3 is 0 Å². The summed E-state index contributed by atoms with van der Waals surface area (Å²) in [5.74, 6) is 0. The van der Waals surface area contributed by atoms with Crippen LogP contribution in [0.5, 0.6) is 0 Å². The Morgan fingerprint density at radius 1 is 0.739 bits per heavy atom. The maximum atomic E-state index is 5.22. The second kappa shape index (κ2) is 6.14. The first kappa shape index (κ1) is 20.6. The van der Waals surface area contributed by atoms with Crippen LogP contribution in [0.1, 0.15) is 63.7 Å². The van der Waals surface area contributed by atoms with Crippen LogP contribution in [0.2, 0.25) is 39.3 Å². The second-order valence-electron chi connectivity index (χ2n) is 11.3. The minimum atomic E-state index is -1.33. The smallest absolute Gasteiger partial charge is 0.0513 e. The maximum Gasteiger partial charge on any atom is 0.0513 e. The molecule has 0 atom stereocenters. The Morgan fingerprint density at radius 2 is 1.17 bits per heavy atom. The van der Waals surface area contributed by atoms with Gasteiger partial charge in [-0.2, -0.15) is 0 Å². The second-order valence-corrected chi connectivity index (χ2v) is 22.5. The van der Waals surface area contributed by atoms with Crippen LogP contribution in [0.4, 0.5) is 0 Å². The molecule has 0 aliphatic heterocycles. The summed E-state index contributed by atoms with van der Waals surface area (Å²) in [5.41, 5.74) is 4.33. The minimum absolute atomic E-state index is 0.0967. The summed E-state index contributed by atoms with van der Waals surface area (Å²) < 4.78 is 0. The van der Waals surface area contributed by atoms with Gasteiger partial charge in [0.1, 0.15) is 0 Å². The number of hydrogen-bond donors (Lipinski definition) is 0. The SMILES string of the molecule is CC(C)(C)c1cc(C([Si](C)(C)C)[Si](C)(C)C)nc(C(C)(C)C)c1. The van der Waals surface area contributed by atoms with Gasteiger partial charge in [0.05, 0.1) is 16.1 Å². The standard InChI is InChI=1S/C20H39NSi2/c1-19(2,3)15-13-16(21-17(14-15)20(4,5)6)18(22(7,8)9)23(10,11)12/h13-14,18H,1-12H3. The quantitative estimate of drug-likeness (QED) is 0.566. The average molecular weight is 350 g/mol. The fourth-order valence-corrected chi connectivity index (χ4v) is 16.2. The summed E-state index contributed by atoms with van der Waals surface area (Å²) >= 11 is 0. The Kier molecular flexibility index (Phi) is 5.51. The molecule has 1 rings (SSSR count). The molecule has 1 aromatic rings. The maximum absolute atomic E-state index is 5.22. The Bertz CT molecular complexity index is 503. The molecule has 1 heterocycles. The molecule has 0 spiro atoms. The highest BCUT2D eigenvalue weighted by atomic mass is 28.4. The third-order valence-corrected chi connectivity index (χ3v) is 13.8. The zero-order chi connectivity index (χ0) is 18.4. The van der Waals surface area contributed by atoms with E-state index >= 15 is 0 Å². The van der Waals surface area contributed by atoms with E-state index < -0.39 is 16.1 Å².